The fourth-order valence-corrected chi connectivity index (χ4v) is 12.2. The third-order valence-electron chi connectivity index (χ3n) is 14.3. The average molecular weight is 679 g/mol. The molecule has 49 heavy (non-hydrogen) atoms. The quantitative estimate of drug-likeness (QED) is 0.328. The molecule has 2 saturated heterocycles. The number of aliphatic hydroxyl groups is 5. The Balaban J connectivity index is 0.000000140. The lowest BCUT2D eigenvalue weighted by atomic mass is 9.48. The Hall–Kier alpha value is -2.28. The molecule has 268 valence electrons. The fraction of sp³-hybridized carbons (Fsp3) is 0.692. The molecule has 10 rings (SSSR count). The molecule has 0 aromatic heterocycles. The summed E-state index contributed by atoms with van der Waals surface area (Å²) in [5.41, 5.74) is 3.72. The number of aliphatic hydroxyl groups excluding tert-OH is 3. The van der Waals surface area contributed by atoms with Gasteiger partial charge in [-0.2, -0.15) is 0 Å². The van der Waals surface area contributed by atoms with Crippen molar-refractivity contribution in [2.75, 3.05) is 33.8 Å². The molecule has 4 fully saturated rings. The predicted molar refractivity (Wildman–Crippen MR) is 183 cm³/mol. The van der Waals surface area contributed by atoms with Gasteiger partial charge in [-0.05, 0) is 96.6 Å². The summed E-state index contributed by atoms with van der Waals surface area (Å²) in [7, 11) is 4.21. The molecular formula is C39H54N2O8. The van der Waals surface area contributed by atoms with Gasteiger partial charge in [-0.1, -0.05) is 31.7 Å². The van der Waals surface area contributed by atoms with E-state index in [0.29, 0.717) is 19.4 Å². The molecule has 8 aliphatic rings. The van der Waals surface area contributed by atoms with Gasteiger partial charge in [-0.25, -0.2) is 0 Å². The van der Waals surface area contributed by atoms with E-state index in [-0.39, 0.29) is 44.9 Å². The van der Waals surface area contributed by atoms with Crippen LogP contribution < -0.4 is 9.47 Å². The molecule has 4 aliphatic carbocycles. The van der Waals surface area contributed by atoms with Gasteiger partial charge in [0.2, 0.25) is 0 Å². The summed E-state index contributed by atoms with van der Waals surface area (Å²) in [5, 5.41) is 53.9. The molecule has 4 aliphatic heterocycles. The summed E-state index contributed by atoms with van der Waals surface area (Å²) in [4.78, 5) is 4.59. The predicted octanol–water partition coefficient (Wildman–Crippen LogP) is 2.33. The van der Waals surface area contributed by atoms with E-state index in [1.54, 1.807) is 0 Å². The van der Waals surface area contributed by atoms with E-state index in [2.05, 4.69) is 36.0 Å². The first-order valence-electron chi connectivity index (χ1n) is 18.1. The largest absolute Gasteiger partial charge is 0.486 e. The Morgan fingerprint density at radius 3 is 1.76 bits per heavy atom. The topological polar surface area (TPSA) is 135 Å². The van der Waals surface area contributed by atoms with Gasteiger partial charge in [-0.3, -0.25) is 0 Å². The minimum atomic E-state index is -0.865. The summed E-state index contributed by atoms with van der Waals surface area (Å²) >= 11 is 0. The maximum absolute atomic E-state index is 12.0. The van der Waals surface area contributed by atoms with E-state index in [4.69, 9.17) is 14.2 Å². The molecule has 10 heteroatoms. The minimum Gasteiger partial charge on any atom is -0.486 e. The van der Waals surface area contributed by atoms with Gasteiger partial charge >= 0.3 is 0 Å². The first kappa shape index (κ1) is 33.8. The summed E-state index contributed by atoms with van der Waals surface area (Å²) in [6, 6.07) is 8.30. The number of rotatable bonds is 4. The van der Waals surface area contributed by atoms with Crippen LogP contribution in [0, 0.1) is 0 Å². The maximum atomic E-state index is 12.0. The zero-order chi connectivity index (χ0) is 33.4. The van der Waals surface area contributed by atoms with E-state index >= 15 is 0 Å². The highest BCUT2D eigenvalue weighted by Gasteiger charge is 2.74. The molecule has 2 saturated carbocycles. The second kappa shape index (κ2) is 11.4. The lowest BCUT2D eigenvalue weighted by molar-refractivity contribution is -0.211. The Morgan fingerprint density at radius 2 is 1.24 bits per heavy atom. The highest BCUT2D eigenvalue weighted by Crippen LogP contribution is 2.66. The van der Waals surface area contributed by atoms with Crippen molar-refractivity contribution in [1.29, 1.82) is 0 Å². The molecule has 2 aromatic rings. The zero-order valence-corrected chi connectivity index (χ0v) is 28.3. The van der Waals surface area contributed by atoms with Gasteiger partial charge in [-0.15, -0.1) is 0 Å². The fourth-order valence-electron chi connectivity index (χ4n) is 12.2. The van der Waals surface area contributed by atoms with Crippen LogP contribution in [0.2, 0.25) is 0 Å². The van der Waals surface area contributed by atoms with Crippen LogP contribution in [0.1, 0.15) is 86.3 Å². The Labute approximate surface area is 289 Å². The number of nitrogens with zero attached hydrogens (tertiary/aromatic N) is 2. The van der Waals surface area contributed by atoms with Gasteiger partial charge in [0.1, 0.15) is 23.7 Å². The molecule has 10 nitrogen and oxygen atoms in total. The van der Waals surface area contributed by atoms with Crippen molar-refractivity contribution < 1.29 is 39.7 Å². The van der Waals surface area contributed by atoms with Crippen LogP contribution in [0.3, 0.4) is 0 Å². The van der Waals surface area contributed by atoms with E-state index in [9.17, 15) is 25.5 Å². The van der Waals surface area contributed by atoms with Crippen LogP contribution in [0.25, 0.3) is 0 Å². The normalized spacial score (nSPS) is 41.7. The van der Waals surface area contributed by atoms with Gasteiger partial charge in [0.25, 0.3) is 0 Å². The molecule has 4 heterocycles. The smallest absolute Gasteiger partial charge is 0.137 e. The molecular weight excluding hydrogens is 624 g/mol. The lowest BCUT2D eigenvalue weighted by Crippen LogP contribution is -2.76. The van der Waals surface area contributed by atoms with Gasteiger partial charge in [0.05, 0.1) is 47.5 Å². The van der Waals surface area contributed by atoms with Gasteiger partial charge < -0.3 is 49.5 Å². The molecule has 2 spiro atoms. The van der Waals surface area contributed by atoms with Crippen molar-refractivity contribution >= 4 is 0 Å². The minimum absolute atomic E-state index is 0. The number of ether oxygens (including phenoxy) is 3. The zero-order valence-electron chi connectivity index (χ0n) is 28.3. The third-order valence-corrected chi connectivity index (χ3v) is 14.3. The second-order valence-electron chi connectivity index (χ2n) is 15.9. The Kier molecular flexibility index (Phi) is 7.84. The van der Waals surface area contributed by atoms with Crippen LogP contribution >= 0.6 is 0 Å². The van der Waals surface area contributed by atoms with Crippen LogP contribution in [-0.4, -0.2) is 117 Å². The molecule has 4 unspecified atom stereocenters. The van der Waals surface area contributed by atoms with E-state index in [0.717, 1.165) is 79.8 Å². The SMILES string of the molecule is C.CCO[C@H]1CC[C@@]2(O)C3Cc4ccc(CO)c5c4[C@@]2(CCN3C)C1O5.CN1CC[C@]23c4c5ccc(CO)c4OC2[C@@H](O)CC[C@@]3(O)C1C5. The van der Waals surface area contributed by atoms with E-state index < -0.39 is 34.2 Å². The standard InChI is InChI=1S/C20H27NO4.C18H23NO4.CH4/c1-3-24-14-6-7-20(23)15-10-12-4-5-13(11-22)17-16(12)19(20,18(14)25-17)8-9-21(15)2;1-19-7-6-17-14-10-2-3-11(9-20)15(14)23-16(17)12(21)4-5-18(17,22)13(19)8-10;/h4-5,14-15,18,22-23H,3,6-11H2,1-2H3;2-3,12-13,16,20-22H,4-9H2,1H3;1H4/t14-,15?,18?,19-,20+;12-,13?,16?,17-,18+;/m00./s1. The van der Waals surface area contributed by atoms with E-state index in [1.807, 2.05) is 19.1 Å². The van der Waals surface area contributed by atoms with Crippen LogP contribution in [-0.2, 0) is 41.6 Å². The van der Waals surface area contributed by atoms with Crippen LogP contribution in [0.4, 0.5) is 0 Å². The molecule has 0 radical (unpaired) electrons. The first-order chi connectivity index (χ1) is 23.1. The number of hydrogen-bond acceptors (Lipinski definition) is 10. The van der Waals surface area contributed by atoms with Crippen molar-refractivity contribution in [2.24, 2.45) is 0 Å². The Morgan fingerprint density at radius 1 is 0.755 bits per heavy atom. The lowest BCUT2D eigenvalue weighted by Gasteiger charge is -2.63. The average Bonchev–Trinajstić information content (AvgIpc) is 3.62. The monoisotopic (exact) mass is 678 g/mol. The number of benzene rings is 2. The van der Waals surface area contributed by atoms with Crippen molar-refractivity contribution in [2.45, 2.75) is 137 Å². The molecule has 0 amide bonds. The summed E-state index contributed by atoms with van der Waals surface area (Å²) in [6.45, 7) is 4.40. The summed E-state index contributed by atoms with van der Waals surface area (Å²) < 4.78 is 18.8. The Bertz CT molecular complexity index is 1650. The van der Waals surface area contributed by atoms with E-state index in [1.165, 1.54) is 16.7 Å². The van der Waals surface area contributed by atoms with Gasteiger partial charge in [0.15, 0.2) is 0 Å². The molecule has 5 N–H and O–H groups in total. The highest BCUT2D eigenvalue weighted by molar-refractivity contribution is 5.62. The number of piperidine rings is 2. The van der Waals surface area contributed by atoms with Crippen molar-refractivity contribution in [3.63, 3.8) is 0 Å². The highest BCUT2D eigenvalue weighted by atomic mass is 16.5. The number of likely N-dealkylation sites (N-methyl/N-ethyl adjacent to an activating group) is 2. The van der Waals surface area contributed by atoms with Crippen LogP contribution in [0.15, 0.2) is 24.3 Å². The summed E-state index contributed by atoms with van der Waals surface area (Å²) in [6.07, 6.45) is 4.90. The number of hydrogen-bond donors (Lipinski definition) is 5. The van der Waals surface area contributed by atoms with Crippen LogP contribution in [0.5, 0.6) is 11.5 Å². The van der Waals surface area contributed by atoms with Crippen molar-refractivity contribution in [1.82, 2.24) is 9.80 Å². The molecule has 4 bridgehead atoms. The van der Waals surface area contributed by atoms with Crippen molar-refractivity contribution in [3.8, 4) is 11.5 Å². The summed E-state index contributed by atoms with van der Waals surface area (Å²) in [5.74, 6) is 1.54. The number of likely N-dealkylation sites (tertiary alicyclic amines) is 2. The second-order valence-corrected chi connectivity index (χ2v) is 15.9. The van der Waals surface area contributed by atoms with Crippen molar-refractivity contribution in [3.05, 3.63) is 57.6 Å². The molecule has 10 atom stereocenters. The maximum Gasteiger partial charge on any atom is 0.137 e. The van der Waals surface area contributed by atoms with Gasteiger partial charge in [0, 0.05) is 40.9 Å². The first-order valence-corrected chi connectivity index (χ1v) is 18.1. The molecule has 2 aromatic carbocycles. The third kappa shape index (κ3) is 3.95.